The van der Waals surface area contributed by atoms with Gasteiger partial charge in [-0.05, 0) is 29.5 Å². The molecule has 1 heterocycles. The summed E-state index contributed by atoms with van der Waals surface area (Å²) in [4.78, 5) is 16.9. The van der Waals surface area contributed by atoms with Crippen molar-refractivity contribution in [3.05, 3.63) is 70.6 Å². The Hall–Kier alpha value is -2.46. The summed E-state index contributed by atoms with van der Waals surface area (Å²) in [6, 6.07) is 16.0. The standard InChI is InChI=1S/C21H22N2OS/c1-14-7-5-6-8-17(14)19(24)23-20-22-18(13-25-20)15-9-11-16(12-10-15)21(2,3)4/h5-13H,1-4H3,(H,22,23,24). The van der Waals surface area contributed by atoms with Crippen molar-refractivity contribution < 1.29 is 4.79 Å². The number of anilines is 1. The molecule has 0 unspecified atom stereocenters. The van der Waals surface area contributed by atoms with Gasteiger partial charge in [0.05, 0.1) is 5.69 Å². The first-order valence-corrected chi connectivity index (χ1v) is 9.16. The number of carbonyl (C=O) groups is 1. The minimum Gasteiger partial charge on any atom is -0.298 e. The minimum absolute atomic E-state index is 0.123. The van der Waals surface area contributed by atoms with E-state index in [2.05, 4.69) is 55.3 Å². The van der Waals surface area contributed by atoms with E-state index in [1.54, 1.807) is 0 Å². The molecule has 1 amide bonds. The van der Waals surface area contributed by atoms with Crippen LogP contribution in [-0.4, -0.2) is 10.9 Å². The van der Waals surface area contributed by atoms with Crippen LogP contribution in [0.1, 0.15) is 42.3 Å². The molecule has 0 aliphatic rings. The lowest BCUT2D eigenvalue weighted by atomic mass is 9.86. The van der Waals surface area contributed by atoms with Gasteiger partial charge in [0.15, 0.2) is 5.13 Å². The lowest BCUT2D eigenvalue weighted by molar-refractivity contribution is 0.102. The summed E-state index contributed by atoms with van der Waals surface area (Å²) in [7, 11) is 0. The Morgan fingerprint density at radius 2 is 1.72 bits per heavy atom. The molecule has 3 rings (SSSR count). The molecule has 0 saturated heterocycles. The average molecular weight is 350 g/mol. The fourth-order valence-electron chi connectivity index (χ4n) is 2.60. The molecule has 0 aliphatic carbocycles. The largest absolute Gasteiger partial charge is 0.298 e. The maximum absolute atomic E-state index is 12.4. The first-order valence-electron chi connectivity index (χ1n) is 8.28. The number of hydrogen-bond acceptors (Lipinski definition) is 3. The molecule has 0 spiro atoms. The molecular formula is C21H22N2OS. The predicted molar refractivity (Wildman–Crippen MR) is 105 cm³/mol. The lowest BCUT2D eigenvalue weighted by Gasteiger charge is -2.18. The normalized spacial score (nSPS) is 11.4. The van der Waals surface area contributed by atoms with Gasteiger partial charge in [-0.1, -0.05) is 63.2 Å². The molecule has 0 radical (unpaired) electrons. The molecular weight excluding hydrogens is 328 g/mol. The Morgan fingerprint density at radius 3 is 2.36 bits per heavy atom. The highest BCUT2D eigenvalue weighted by Crippen LogP contribution is 2.28. The highest BCUT2D eigenvalue weighted by atomic mass is 32.1. The second kappa shape index (κ2) is 6.81. The third-order valence-corrected chi connectivity index (χ3v) is 4.92. The lowest BCUT2D eigenvalue weighted by Crippen LogP contribution is -2.13. The molecule has 1 N–H and O–H groups in total. The molecule has 0 atom stereocenters. The third kappa shape index (κ3) is 3.97. The van der Waals surface area contributed by atoms with E-state index in [0.717, 1.165) is 16.8 Å². The monoisotopic (exact) mass is 350 g/mol. The van der Waals surface area contributed by atoms with E-state index in [-0.39, 0.29) is 11.3 Å². The number of nitrogens with zero attached hydrogens (tertiary/aromatic N) is 1. The number of aryl methyl sites for hydroxylation is 1. The zero-order chi connectivity index (χ0) is 18.0. The maximum atomic E-state index is 12.4. The molecule has 0 saturated carbocycles. The van der Waals surface area contributed by atoms with Gasteiger partial charge < -0.3 is 0 Å². The van der Waals surface area contributed by atoms with E-state index in [0.29, 0.717) is 10.7 Å². The van der Waals surface area contributed by atoms with Gasteiger partial charge in [0.2, 0.25) is 0 Å². The first-order chi connectivity index (χ1) is 11.8. The molecule has 3 nitrogen and oxygen atoms in total. The van der Waals surface area contributed by atoms with Gasteiger partial charge in [-0.15, -0.1) is 11.3 Å². The summed E-state index contributed by atoms with van der Waals surface area (Å²) >= 11 is 1.44. The Kier molecular flexibility index (Phi) is 4.73. The van der Waals surface area contributed by atoms with Crippen LogP contribution in [0, 0.1) is 6.92 Å². The molecule has 0 bridgehead atoms. The van der Waals surface area contributed by atoms with Crippen LogP contribution in [0.2, 0.25) is 0 Å². The van der Waals surface area contributed by atoms with Crippen molar-refractivity contribution >= 4 is 22.4 Å². The first kappa shape index (κ1) is 17.4. The number of aromatic nitrogens is 1. The SMILES string of the molecule is Cc1ccccc1C(=O)Nc1nc(-c2ccc(C(C)(C)C)cc2)cs1. The van der Waals surface area contributed by atoms with Crippen molar-refractivity contribution in [1.29, 1.82) is 0 Å². The Balaban J connectivity index is 1.76. The van der Waals surface area contributed by atoms with Gasteiger partial charge in [0.25, 0.3) is 5.91 Å². The molecule has 0 aliphatic heterocycles. The number of amides is 1. The third-order valence-electron chi connectivity index (χ3n) is 4.16. The zero-order valence-electron chi connectivity index (χ0n) is 15.0. The van der Waals surface area contributed by atoms with Gasteiger partial charge >= 0.3 is 0 Å². The van der Waals surface area contributed by atoms with Crippen LogP contribution in [0.4, 0.5) is 5.13 Å². The van der Waals surface area contributed by atoms with Crippen molar-refractivity contribution in [3.8, 4) is 11.3 Å². The Morgan fingerprint density at radius 1 is 1.04 bits per heavy atom. The molecule has 25 heavy (non-hydrogen) atoms. The van der Waals surface area contributed by atoms with Gasteiger partial charge in [-0.2, -0.15) is 0 Å². The number of carbonyl (C=O) groups excluding carboxylic acids is 1. The molecule has 4 heteroatoms. The molecule has 2 aromatic carbocycles. The summed E-state index contributed by atoms with van der Waals surface area (Å²) in [6.07, 6.45) is 0. The molecule has 1 aromatic heterocycles. The second-order valence-corrected chi connectivity index (χ2v) is 7.99. The van der Waals surface area contributed by atoms with Crippen LogP contribution in [0.25, 0.3) is 11.3 Å². The van der Waals surface area contributed by atoms with Crippen molar-refractivity contribution in [3.63, 3.8) is 0 Å². The van der Waals surface area contributed by atoms with Crippen molar-refractivity contribution in [2.24, 2.45) is 0 Å². The van der Waals surface area contributed by atoms with Gasteiger partial charge in [0.1, 0.15) is 0 Å². The van der Waals surface area contributed by atoms with Crippen LogP contribution < -0.4 is 5.32 Å². The van der Waals surface area contributed by atoms with Crippen molar-refractivity contribution in [2.45, 2.75) is 33.1 Å². The quantitative estimate of drug-likeness (QED) is 0.661. The Labute approximate surface area is 152 Å². The number of nitrogens with one attached hydrogen (secondary N) is 1. The summed E-state index contributed by atoms with van der Waals surface area (Å²) in [6.45, 7) is 8.52. The van der Waals surface area contributed by atoms with E-state index in [1.807, 2.05) is 36.6 Å². The predicted octanol–water partition coefficient (Wildman–Crippen LogP) is 5.67. The van der Waals surface area contributed by atoms with Crippen molar-refractivity contribution in [1.82, 2.24) is 4.98 Å². The zero-order valence-corrected chi connectivity index (χ0v) is 15.8. The fraction of sp³-hybridized carbons (Fsp3) is 0.238. The number of thiazole rings is 1. The number of hydrogen-bond donors (Lipinski definition) is 1. The maximum Gasteiger partial charge on any atom is 0.257 e. The number of rotatable bonds is 3. The highest BCUT2D eigenvalue weighted by Gasteiger charge is 2.14. The van der Waals surface area contributed by atoms with Gasteiger partial charge in [-0.3, -0.25) is 10.1 Å². The van der Waals surface area contributed by atoms with E-state index in [9.17, 15) is 4.79 Å². The average Bonchev–Trinajstić information content (AvgIpc) is 3.03. The van der Waals surface area contributed by atoms with Crippen LogP contribution in [0.3, 0.4) is 0 Å². The summed E-state index contributed by atoms with van der Waals surface area (Å²) in [5.41, 5.74) is 4.99. The van der Waals surface area contributed by atoms with Crippen LogP contribution in [0.5, 0.6) is 0 Å². The van der Waals surface area contributed by atoms with Crippen LogP contribution in [-0.2, 0) is 5.41 Å². The van der Waals surface area contributed by atoms with E-state index in [1.165, 1.54) is 16.9 Å². The molecule has 0 fully saturated rings. The van der Waals surface area contributed by atoms with Crippen LogP contribution in [0.15, 0.2) is 53.9 Å². The summed E-state index contributed by atoms with van der Waals surface area (Å²) in [5, 5.41) is 5.48. The minimum atomic E-state index is -0.123. The van der Waals surface area contributed by atoms with E-state index < -0.39 is 0 Å². The van der Waals surface area contributed by atoms with E-state index in [4.69, 9.17) is 0 Å². The summed E-state index contributed by atoms with van der Waals surface area (Å²) in [5.74, 6) is -0.123. The Bertz CT molecular complexity index is 889. The second-order valence-electron chi connectivity index (χ2n) is 7.13. The van der Waals surface area contributed by atoms with Gasteiger partial charge in [0, 0.05) is 16.5 Å². The van der Waals surface area contributed by atoms with Crippen LogP contribution >= 0.6 is 11.3 Å². The van der Waals surface area contributed by atoms with Crippen molar-refractivity contribution in [2.75, 3.05) is 5.32 Å². The molecule has 3 aromatic rings. The van der Waals surface area contributed by atoms with E-state index >= 15 is 0 Å². The smallest absolute Gasteiger partial charge is 0.257 e. The number of benzene rings is 2. The van der Waals surface area contributed by atoms with Gasteiger partial charge in [-0.25, -0.2) is 4.98 Å². The highest BCUT2D eigenvalue weighted by molar-refractivity contribution is 7.14. The topological polar surface area (TPSA) is 42.0 Å². The molecule has 128 valence electrons. The summed E-state index contributed by atoms with van der Waals surface area (Å²) < 4.78 is 0. The fourth-order valence-corrected chi connectivity index (χ4v) is 3.31.